The lowest BCUT2D eigenvalue weighted by Crippen LogP contribution is -2.40. The minimum atomic E-state index is -0.172. The Kier molecular flexibility index (Phi) is 3.36. The zero-order valence-electron chi connectivity index (χ0n) is 13.9. The molecule has 1 fully saturated rings. The minimum absolute atomic E-state index is 0.0117. The highest BCUT2D eigenvalue weighted by molar-refractivity contribution is 5.93. The van der Waals surface area contributed by atoms with E-state index in [9.17, 15) is 9.59 Å². The van der Waals surface area contributed by atoms with Crippen LogP contribution in [0.15, 0.2) is 34.9 Å². The molecule has 0 N–H and O–H groups in total. The molecule has 4 aliphatic rings. The summed E-state index contributed by atoms with van der Waals surface area (Å²) in [4.78, 5) is 23.1. The number of allylic oxidation sites excluding steroid dienone is 5. The van der Waals surface area contributed by atoms with Crippen LogP contribution in [-0.2, 0) is 14.3 Å². The summed E-state index contributed by atoms with van der Waals surface area (Å²) in [6.07, 6.45) is 12.2. The molecule has 0 aliphatic heterocycles. The van der Waals surface area contributed by atoms with E-state index in [1.54, 1.807) is 0 Å². The molecule has 0 bridgehead atoms. The number of ketones is 1. The Morgan fingerprint density at radius 2 is 2.04 bits per heavy atom. The summed E-state index contributed by atoms with van der Waals surface area (Å²) >= 11 is 0. The number of ether oxygens (including phenoxy) is 1. The van der Waals surface area contributed by atoms with Gasteiger partial charge >= 0.3 is 5.97 Å². The second-order valence-electron chi connectivity index (χ2n) is 7.70. The van der Waals surface area contributed by atoms with Gasteiger partial charge in [-0.05, 0) is 66.7 Å². The Labute approximate surface area is 137 Å². The fourth-order valence-electron chi connectivity index (χ4n) is 5.36. The quantitative estimate of drug-likeness (QED) is 0.690. The van der Waals surface area contributed by atoms with Gasteiger partial charge in [-0.3, -0.25) is 9.59 Å². The van der Waals surface area contributed by atoms with Gasteiger partial charge in [0.25, 0.3) is 0 Å². The molecular weight excluding hydrogens is 288 g/mol. The smallest absolute Gasteiger partial charge is 0.302 e. The maximum Gasteiger partial charge on any atom is 0.302 e. The van der Waals surface area contributed by atoms with Crippen LogP contribution in [0, 0.1) is 17.3 Å². The third-order valence-corrected chi connectivity index (χ3v) is 6.47. The van der Waals surface area contributed by atoms with Crippen molar-refractivity contribution in [3.63, 3.8) is 0 Å². The van der Waals surface area contributed by atoms with E-state index in [0.29, 0.717) is 18.3 Å². The zero-order chi connectivity index (χ0) is 16.2. The van der Waals surface area contributed by atoms with Crippen molar-refractivity contribution in [2.24, 2.45) is 17.3 Å². The largest absolute Gasteiger partial charge is 0.462 e. The zero-order valence-corrected chi connectivity index (χ0v) is 13.9. The van der Waals surface area contributed by atoms with E-state index in [-0.39, 0.29) is 23.3 Å². The lowest BCUT2D eigenvalue weighted by atomic mass is 9.60. The van der Waals surface area contributed by atoms with Crippen LogP contribution in [0.2, 0.25) is 0 Å². The number of rotatable bonds is 1. The lowest BCUT2D eigenvalue weighted by Gasteiger charge is -2.45. The highest BCUT2D eigenvalue weighted by Gasteiger charge is 2.53. The predicted molar refractivity (Wildman–Crippen MR) is 87.6 cm³/mol. The molecule has 4 atom stereocenters. The molecule has 4 aliphatic carbocycles. The Balaban J connectivity index is 1.73. The number of fused-ring (bicyclic) bond motifs is 4. The van der Waals surface area contributed by atoms with Crippen LogP contribution in [0.4, 0.5) is 0 Å². The summed E-state index contributed by atoms with van der Waals surface area (Å²) in [7, 11) is 0. The summed E-state index contributed by atoms with van der Waals surface area (Å²) in [5, 5.41) is 0. The highest BCUT2D eigenvalue weighted by atomic mass is 16.5. The first-order valence-corrected chi connectivity index (χ1v) is 8.82. The molecule has 0 aromatic heterocycles. The number of hydrogen-bond acceptors (Lipinski definition) is 3. The van der Waals surface area contributed by atoms with Gasteiger partial charge in [0, 0.05) is 18.8 Å². The first-order valence-electron chi connectivity index (χ1n) is 8.82. The van der Waals surface area contributed by atoms with E-state index in [0.717, 1.165) is 32.1 Å². The third kappa shape index (κ3) is 2.24. The molecule has 1 saturated carbocycles. The summed E-state index contributed by atoms with van der Waals surface area (Å²) in [5.74, 6) is 1.22. The van der Waals surface area contributed by atoms with Crippen molar-refractivity contribution in [1.82, 2.24) is 0 Å². The Hall–Kier alpha value is -1.64. The van der Waals surface area contributed by atoms with Gasteiger partial charge in [0.2, 0.25) is 0 Å². The van der Waals surface area contributed by atoms with Gasteiger partial charge in [-0.2, -0.15) is 0 Å². The summed E-state index contributed by atoms with van der Waals surface area (Å²) in [6.45, 7) is 3.76. The molecule has 3 nitrogen and oxygen atoms in total. The fraction of sp³-hybridized carbons (Fsp3) is 0.600. The van der Waals surface area contributed by atoms with Crippen molar-refractivity contribution in [3.8, 4) is 0 Å². The Morgan fingerprint density at radius 1 is 1.22 bits per heavy atom. The topological polar surface area (TPSA) is 43.4 Å². The number of carbonyl (C=O) groups is 2. The highest BCUT2D eigenvalue weighted by Crippen LogP contribution is 2.57. The van der Waals surface area contributed by atoms with Crippen molar-refractivity contribution in [3.05, 3.63) is 34.9 Å². The van der Waals surface area contributed by atoms with Gasteiger partial charge in [0.1, 0.15) is 6.10 Å². The molecule has 0 radical (unpaired) electrons. The number of carbonyl (C=O) groups excluding carboxylic acids is 2. The monoisotopic (exact) mass is 312 g/mol. The van der Waals surface area contributed by atoms with Crippen molar-refractivity contribution >= 4 is 11.8 Å². The van der Waals surface area contributed by atoms with Crippen molar-refractivity contribution in [1.29, 1.82) is 0 Å². The van der Waals surface area contributed by atoms with Crippen LogP contribution >= 0.6 is 0 Å². The van der Waals surface area contributed by atoms with Crippen LogP contribution in [-0.4, -0.2) is 17.9 Å². The average Bonchev–Trinajstić information content (AvgIpc) is 2.83. The predicted octanol–water partition coefficient (Wildman–Crippen LogP) is 3.90. The van der Waals surface area contributed by atoms with Gasteiger partial charge < -0.3 is 4.74 Å². The van der Waals surface area contributed by atoms with E-state index >= 15 is 0 Å². The van der Waals surface area contributed by atoms with Crippen molar-refractivity contribution in [2.75, 3.05) is 0 Å². The van der Waals surface area contributed by atoms with E-state index in [4.69, 9.17) is 4.74 Å². The van der Waals surface area contributed by atoms with Gasteiger partial charge in [-0.1, -0.05) is 19.1 Å². The second kappa shape index (κ2) is 5.19. The molecule has 23 heavy (non-hydrogen) atoms. The SMILES string of the molecule is CC(=O)O[C@H]1CCC2[C@@H]3CCC4=CC(=O)CCC4=C3C=C[C@@]21C. The number of hydrogen-bond donors (Lipinski definition) is 0. The molecule has 0 heterocycles. The van der Waals surface area contributed by atoms with E-state index in [1.807, 2.05) is 6.08 Å². The molecule has 122 valence electrons. The lowest BCUT2D eigenvalue weighted by molar-refractivity contribution is -0.150. The standard InChI is InChI=1S/C20H24O3/c1-12(21)23-19-8-7-18-17-5-3-13-11-14(22)4-6-15(13)16(17)9-10-20(18,19)2/h9-11,17-19H,3-8H2,1-2H3/t17-,18?,19+,20+/m1/s1. The van der Waals surface area contributed by atoms with Gasteiger partial charge in [0.05, 0.1) is 0 Å². The van der Waals surface area contributed by atoms with Crippen LogP contribution in [0.25, 0.3) is 0 Å². The number of esters is 1. The molecule has 3 heteroatoms. The van der Waals surface area contributed by atoms with E-state index in [1.165, 1.54) is 23.6 Å². The van der Waals surface area contributed by atoms with Crippen molar-refractivity contribution in [2.45, 2.75) is 58.5 Å². The first kappa shape index (κ1) is 14.9. The van der Waals surface area contributed by atoms with Gasteiger partial charge in [-0.15, -0.1) is 0 Å². The van der Waals surface area contributed by atoms with Gasteiger partial charge in [0.15, 0.2) is 5.78 Å². The summed E-state index contributed by atoms with van der Waals surface area (Å²) in [6, 6.07) is 0. The molecule has 0 amide bonds. The van der Waals surface area contributed by atoms with Gasteiger partial charge in [-0.25, -0.2) is 0 Å². The molecule has 0 spiro atoms. The molecule has 0 aromatic rings. The summed E-state index contributed by atoms with van der Waals surface area (Å²) in [5.41, 5.74) is 4.12. The maximum absolute atomic E-state index is 11.7. The third-order valence-electron chi connectivity index (χ3n) is 6.47. The second-order valence-corrected chi connectivity index (χ2v) is 7.70. The van der Waals surface area contributed by atoms with Crippen LogP contribution in [0.3, 0.4) is 0 Å². The molecule has 0 saturated heterocycles. The van der Waals surface area contributed by atoms with Crippen LogP contribution in [0.5, 0.6) is 0 Å². The molecule has 1 unspecified atom stereocenters. The van der Waals surface area contributed by atoms with Crippen molar-refractivity contribution < 1.29 is 14.3 Å². The Morgan fingerprint density at radius 3 is 2.83 bits per heavy atom. The fourth-order valence-corrected chi connectivity index (χ4v) is 5.36. The average molecular weight is 312 g/mol. The Bertz CT molecular complexity index is 666. The van der Waals surface area contributed by atoms with E-state index < -0.39 is 0 Å². The van der Waals surface area contributed by atoms with E-state index in [2.05, 4.69) is 19.1 Å². The molecule has 4 rings (SSSR count). The summed E-state index contributed by atoms with van der Waals surface area (Å²) < 4.78 is 5.62. The maximum atomic E-state index is 11.7. The molecule has 0 aromatic carbocycles. The van der Waals surface area contributed by atoms with Crippen LogP contribution < -0.4 is 0 Å². The minimum Gasteiger partial charge on any atom is -0.462 e. The first-order chi connectivity index (χ1) is 11.0. The van der Waals surface area contributed by atoms with Crippen LogP contribution in [0.1, 0.15) is 52.4 Å². The normalized spacial score (nSPS) is 38.6. The molecular formula is C20H24O3.